The number of likely N-dealkylation sites (N-methyl/N-ethyl adjacent to an activating group) is 1. The van der Waals surface area contributed by atoms with Crippen LogP contribution in [0.1, 0.15) is 18.4 Å². The van der Waals surface area contributed by atoms with Crippen LogP contribution in [0.25, 0.3) is 0 Å². The molecule has 1 aliphatic rings. The van der Waals surface area contributed by atoms with Gasteiger partial charge in [-0.2, -0.15) is 0 Å². The largest absolute Gasteiger partial charge is 0.358 e. The minimum atomic E-state index is -0.156. The number of piperidine rings is 1. The van der Waals surface area contributed by atoms with Crippen LogP contribution in [-0.2, 0) is 11.3 Å². The summed E-state index contributed by atoms with van der Waals surface area (Å²) in [6.45, 7) is 2.84. The maximum Gasteiger partial charge on any atom is 0.233 e. The molecule has 0 atom stereocenters. The molecule has 1 aromatic rings. The van der Waals surface area contributed by atoms with E-state index in [2.05, 4.69) is 15.5 Å². The summed E-state index contributed by atoms with van der Waals surface area (Å²) in [4.78, 5) is 13.5. The molecule has 4 nitrogen and oxygen atoms in total. The Morgan fingerprint density at radius 3 is 2.70 bits per heavy atom. The standard InChI is InChI=1S/C15H22FN3O/c1-17-15(20)11-19-8-6-13(7-9-19)18-10-12-4-2-3-5-14(12)16/h2-5,13,18H,6-11H2,1H3,(H,17,20). The molecule has 0 saturated carbocycles. The van der Waals surface area contributed by atoms with Crippen LogP contribution in [-0.4, -0.2) is 43.5 Å². The van der Waals surface area contributed by atoms with Crippen molar-refractivity contribution >= 4 is 5.91 Å². The molecule has 20 heavy (non-hydrogen) atoms. The molecule has 0 bridgehead atoms. The first kappa shape index (κ1) is 14.9. The van der Waals surface area contributed by atoms with Crippen molar-refractivity contribution < 1.29 is 9.18 Å². The number of carbonyl (C=O) groups excluding carboxylic acids is 1. The molecule has 0 spiro atoms. The molecule has 0 radical (unpaired) electrons. The molecule has 1 fully saturated rings. The molecule has 2 N–H and O–H groups in total. The molecule has 1 aromatic carbocycles. The summed E-state index contributed by atoms with van der Waals surface area (Å²) >= 11 is 0. The first-order valence-corrected chi connectivity index (χ1v) is 7.08. The first-order valence-electron chi connectivity index (χ1n) is 7.08. The molecule has 0 unspecified atom stereocenters. The molecule has 5 heteroatoms. The summed E-state index contributed by atoms with van der Waals surface area (Å²) in [6.07, 6.45) is 1.98. The van der Waals surface area contributed by atoms with E-state index in [-0.39, 0.29) is 11.7 Å². The van der Waals surface area contributed by atoms with Crippen molar-refractivity contribution in [3.63, 3.8) is 0 Å². The molecule has 2 rings (SSSR count). The van der Waals surface area contributed by atoms with Gasteiger partial charge in [-0.05, 0) is 18.9 Å². The number of amides is 1. The van der Waals surface area contributed by atoms with Gasteiger partial charge in [-0.1, -0.05) is 18.2 Å². The van der Waals surface area contributed by atoms with Crippen molar-refractivity contribution in [2.24, 2.45) is 0 Å². The number of nitrogens with zero attached hydrogens (tertiary/aromatic N) is 1. The predicted molar refractivity (Wildman–Crippen MR) is 76.8 cm³/mol. The predicted octanol–water partition coefficient (Wildman–Crippen LogP) is 1.13. The van der Waals surface area contributed by atoms with Gasteiger partial charge in [0.25, 0.3) is 0 Å². The SMILES string of the molecule is CNC(=O)CN1CCC(NCc2ccccc2F)CC1. The number of halogens is 1. The highest BCUT2D eigenvalue weighted by Crippen LogP contribution is 2.12. The Morgan fingerprint density at radius 2 is 2.05 bits per heavy atom. The second kappa shape index (κ2) is 7.36. The molecule has 0 aliphatic carbocycles. The van der Waals surface area contributed by atoms with Crippen LogP contribution in [0.3, 0.4) is 0 Å². The summed E-state index contributed by atoms with van der Waals surface area (Å²) in [6, 6.07) is 7.25. The maximum atomic E-state index is 13.5. The average Bonchev–Trinajstić information content (AvgIpc) is 2.48. The van der Waals surface area contributed by atoms with E-state index in [0.717, 1.165) is 25.9 Å². The first-order chi connectivity index (χ1) is 9.69. The minimum Gasteiger partial charge on any atom is -0.358 e. The van der Waals surface area contributed by atoms with E-state index in [4.69, 9.17) is 0 Å². The normalized spacial score (nSPS) is 17.1. The molecule has 1 heterocycles. The lowest BCUT2D eigenvalue weighted by atomic mass is 10.0. The van der Waals surface area contributed by atoms with Crippen LogP contribution in [0.2, 0.25) is 0 Å². The molecule has 1 amide bonds. The average molecular weight is 279 g/mol. The van der Waals surface area contributed by atoms with Crippen LogP contribution in [0.15, 0.2) is 24.3 Å². The summed E-state index contributed by atoms with van der Waals surface area (Å²) < 4.78 is 13.5. The van der Waals surface area contributed by atoms with Crippen LogP contribution in [0.5, 0.6) is 0 Å². The summed E-state index contributed by atoms with van der Waals surface area (Å²) in [5.74, 6) is -0.0974. The van der Waals surface area contributed by atoms with Crippen LogP contribution in [0.4, 0.5) is 4.39 Å². The van der Waals surface area contributed by atoms with E-state index < -0.39 is 0 Å². The van der Waals surface area contributed by atoms with Crippen LogP contribution >= 0.6 is 0 Å². The van der Waals surface area contributed by atoms with Gasteiger partial charge in [-0.3, -0.25) is 9.69 Å². The summed E-state index contributed by atoms with van der Waals surface area (Å²) in [7, 11) is 1.66. The van der Waals surface area contributed by atoms with E-state index in [9.17, 15) is 9.18 Å². The highest BCUT2D eigenvalue weighted by atomic mass is 19.1. The third-order valence-electron chi connectivity index (χ3n) is 3.77. The van der Waals surface area contributed by atoms with E-state index in [0.29, 0.717) is 24.7 Å². The lowest BCUT2D eigenvalue weighted by molar-refractivity contribution is -0.122. The summed E-state index contributed by atoms with van der Waals surface area (Å²) in [5.41, 5.74) is 0.709. The van der Waals surface area contributed by atoms with Crippen molar-refractivity contribution in [1.29, 1.82) is 0 Å². The van der Waals surface area contributed by atoms with Crippen LogP contribution < -0.4 is 10.6 Å². The zero-order valence-corrected chi connectivity index (χ0v) is 11.9. The number of hydrogen-bond acceptors (Lipinski definition) is 3. The Hall–Kier alpha value is -1.46. The highest BCUT2D eigenvalue weighted by molar-refractivity contribution is 5.77. The fourth-order valence-electron chi connectivity index (χ4n) is 2.47. The number of nitrogens with one attached hydrogen (secondary N) is 2. The quantitative estimate of drug-likeness (QED) is 0.849. The van der Waals surface area contributed by atoms with E-state index in [1.54, 1.807) is 13.1 Å². The van der Waals surface area contributed by atoms with Crippen LogP contribution in [0, 0.1) is 5.82 Å². The van der Waals surface area contributed by atoms with Gasteiger partial charge in [0.05, 0.1) is 6.54 Å². The number of carbonyl (C=O) groups is 1. The molecular weight excluding hydrogens is 257 g/mol. The maximum absolute atomic E-state index is 13.5. The minimum absolute atomic E-state index is 0.0581. The monoisotopic (exact) mass is 279 g/mol. The zero-order valence-electron chi connectivity index (χ0n) is 11.9. The lowest BCUT2D eigenvalue weighted by Gasteiger charge is -2.31. The molecule has 1 saturated heterocycles. The highest BCUT2D eigenvalue weighted by Gasteiger charge is 2.20. The van der Waals surface area contributed by atoms with Gasteiger partial charge in [0.15, 0.2) is 0 Å². The zero-order chi connectivity index (χ0) is 14.4. The number of benzene rings is 1. The Labute approximate surface area is 119 Å². The van der Waals surface area contributed by atoms with Gasteiger partial charge >= 0.3 is 0 Å². The van der Waals surface area contributed by atoms with Crippen molar-refractivity contribution in [2.75, 3.05) is 26.7 Å². The lowest BCUT2D eigenvalue weighted by Crippen LogP contribution is -2.45. The number of hydrogen-bond donors (Lipinski definition) is 2. The molecule has 110 valence electrons. The fraction of sp³-hybridized carbons (Fsp3) is 0.533. The smallest absolute Gasteiger partial charge is 0.233 e. The van der Waals surface area contributed by atoms with E-state index >= 15 is 0 Å². The second-order valence-corrected chi connectivity index (χ2v) is 5.20. The third kappa shape index (κ3) is 4.28. The van der Waals surface area contributed by atoms with E-state index in [1.165, 1.54) is 6.07 Å². The summed E-state index contributed by atoms with van der Waals surface area (Å²) in [5, 5.41) is 6.04. The van der Waals surface area contributed by atoms with Gasteiger partial charge in [-0.25, -0.2) is 4.39 Å². The Bertz CT molecular complexity index is 444. The second-order valence-electron chi connectivity index (χ2n) is 5.20. The van der Waals surface area contributed by atoms with Crippen molar-refractivity contribution in [2.45, 2.75) is 25.4 Å². The number of rotatable bonds is 5. The van der Waals surface area contributed by atoms with Gasteiger partial charge in [0, 0.05) is 38.3 Å². The van der Waals surface area contributed by atoms with Gasteiger partial charge in [-0.15, -0.1) is 0 Å². The fourth-order valence-corrected chi connectivity index (χ4v) is 2.47. The molecule has 1 aliphatic heterocycles. The molecule has 0 aromatic heterocycles. The van der Waals surface area contributed by atoms with E-state index in [1.807, 2.05) is 12.1 Å². The van der Waals surface area contributed by atoms with Crippen molar-refractivity contribution in [3.8, 4) is 0 Å². The topological polar surface area (TPSA) is 44.4 Å². The van der Waals surface area contributed by atoms with Gasteiger partial charge in [0.2, 0.25) is 5.91 Å². The molecular formula is C15H22FN3O. The van der Waals surface area contributed by atoms with Gasteiger partial charge < -0.3 is 10.6 Å². The van der Waals surface area contributed by atoms with Crippen molar-refractivity contribution in [3.05, 3.63) is 35.6 Å². The van der Waals surface area contributed by atoms with Crippen molar-refractivity contribution in [1.82, 2.24) is 15.5 Å². The Balaban J connectivity index is 1.72. The Kier molecular flexibility index (Phi) is 5.49. The third-order valence-corrected chi connectivity index (χ3v) is 3.77. The number of likely N-dealkylation sites (tertiary alicyclic amines) is 1. The Morgan fingerprint density at radius 1 is 1.35 bits per heavy atom. The van der Waals surface area contributed by atoms with Gasteiger partial charge in [0.1, 0.15) is 5.82 Å².